The van der Waals surface area contributed by atoms with E-state index in [1.807, 2.05) is 0 Å². The molecule has 0 saturated heterocycles. The number of carbonyl (C=O) groups excluding carboxylic acids is 3. The molecule has 0 unspecified atom stereocenters. The molecule has 3 N–H and O–H groups in total. The summed E-state index contributed by atoms with van der Waals surface area (Å²) >= 11 is 7.37. The Labute approximate surface area is 165 Å². The van der Waals surface area contributed by atoms with Gasteiger partial charge in [-0.25, -0.2) is 0 Å². The van der Waals surface area contributed by atoms with Crippen LogP contribution in [0.5, 0.6) is 0 Å². The van der Waals surface area contributed by atoms with Gasteiger partial charge >= 0.3 is 5.97 Å². The molecule has 2 amide bonds. The van der Waals surface area contributed by atoms with Crippen molar-refractivity contribution in [1.82, 2.24) is 0 Å². The van der Waals surface area contributed by atoms with Crippen LogP contribution in [0.1, 0.15) is 39.2 Å². The van der Waals surface area contributed by atoms with E-state index in [0.717, 1.165) is 36.1 Å². The molecule has 0 spiro atoms. The van der Waals surface area contributed by atoms with Crippen LogP contribution >= 0.6 is 22.9 Å². The number of anilines is 1. The van der Waals surface area contributed by atoms with E-state index in [4.69, 9.17) is 22.1 Å². The molecule has 1 heterocycles. The molecule has 1 aromatic carbocycles. The molecule has 0 fully saturated rings. The first-order valence-electron chi connectivity index (χ1n) is 8.59. The number of nitrogens with two attached hydrogens (primary N) is 1. The average Bonchev–Trinajstić information content (AvgIpc) is 3.00. The summed E-state index contributed by atoms with van der Waals surface area (Å²) in [4.78, 5) is 37.0. The van der Waals surface area contributed by atoms with E-state index in [-0.39, 0.29) is 6.42 Å². The van der Waals surface area contributed by atoms with Crippen molar-refractivity contribution >= 4 is 45.7 Å². The monoisotopic (exact) mass is 406 g/mol. The Bertz CT molecular complexity index is 894. The van der Waals surface area contributed by atoms with Crippen molar-refractivity contribution in [3.05, 3.63) is 50.9 Å². The first-order chi connectivity index (χ1) is 13.0. The molecule has 1 aliphatic carbocycles. The molecule has 0 saturated carbocycles. The lowest BCUT2D eigenvalue weighted by atomic mass is 9.95. The number of primary amides is 1. The van der Waals surface area contributed by atoms with E-state index in [9.17, 15) is 14.4 Å². The summed E-state index contributed by atoms with van der Waals surface area (Å²) in [6.07, 6.45) is 3.69. The molecule has 1 aromatic heterocycles. The summed E-state index contributed by atoms with van der Waals surface area (Å²) in [6.45, 7) is -0.440. The molecule has 6 nitrogen and oxygen atoms in total. The number of aryl methyl sites for hydroxylation is 1. The van der Waals surface area contributed by atoms with Crippen LogP contribution in [-0.4, -0.2) is 24.4 Å². The number of hydrogen-bond acceptors (Lipinski definition) is 5. The van der Waals surface area contributed by atoms with Crippen LogP contribution in [-0.2, 0) is 33.6 Å². The summed E-state index contributed by atoms with van der Waals surface area (Å²) in [5, 5.41) is 3.55. The molecule has 0 atom stereocenters. The average molecular weight is 407 g/mol. The largest absolute Gasteiger partial charge is 0.455 e. The van der Waals surface area contributed by atoms with Crippen LogP contribution in [0, 0.1) is 0 Å². The van der Waals surface area contributed by atoms with Gasteiger partial charge in [-0.15, -0.1) is 11.3 Å². The second-order valence-electron chi connectivity index (χ2n) is 6.26. The first-order valence-corrected chi connectivity index (χ1v) is 9.78. The third-order valence-electron chi connectivity index (χ3n) is 4.33. The third kappa shape index (κ3) is 4.67. The van der Waals surface area contributed by atoms with Gasteiger partial charge in [0.1, 0.15) is 5.00 Å². The molecule has 0 radical (unpaired) electrons. The number of thiophene rings is 1. The number of carbonyl (C=O) groups is 3. The van der Waals surface area contributed by atoms with Gasteiger partial charge in [0.05, 0.1) is 12.0 Å². The Hall–Kier alpha value is -2.38. The fourth-order valence-corrected chi connectivity index (χ4v) is 4.59. The van der Waals surface area contributed by atoms with Crippen molar-refractivity contribution in [2.45, 2.75) is 32.1 Å². The highest BCUT2D eigenvalue weighted by Crippen LogP contribution is 2.37. The summed E-state index contributed by atoms with van der Waals surface area (Å²) in [5.74, 6) is -1.62. The Morgan fingerprint density at radius 1 is 1.19 bits per heavy atom. The van der Waals surface area contributed by atoms with Gasteiger partial charge in [0.25, 0.3) is 11.8 Å². The van der Waals surface area contributed by atoms with E-state index in [1.54, 1.807) is 24.3 Å². The number of esters is 1. The Morgan fingerprint density at radius 2 is 1.93 bits per heavy atom. The first kappa shape index (κ1) is 19.4. The molecular weight excluding hydrogens is 388 g/mol. The number of benzene rings is 1. The van der Waals surface area contributed by atoms with Gasteiger partial charge in [0, 0.05) is 9.90 Å². The van der Waals surface area contributed by atoms with E-state index < -0.39 is 24.4 Å². The molecule has 142 valence electrons. The van der Waals surface area contributed by atoms with Crippen molar-refractivity contribution in [3.63, 3.8) is 0 Å². The molecule has 27 heavy (non-hydrogen) atoms. The minimum absolute atomic E-state index is 0.0210. The second kappa shape index (κ2) is 8.54. The zero-order chi connectivity index (χ0) is 19.4. The van der Waals surface area contributed by atoms with Gasteiger partial charge in [-0.05, 0) is 42.9 Å². The maximum atomic E-state index is 12.2. The van der Waals surface area contributed by atoms with Crippen LogP contribution in [0.2, 0.25) is 5.02 Å². The summed E-state index contributed by atoms with van der Waals surface area (Å²) < 4.78 is 5.02. The number of amides is 2. The fraction of sp³-hybridized carbons (Fsp3) is 0.316. The number of rotatable bonds is 6. The van der Waals surface area contributed by atoms with Crippen molar-refractivity contribution in [3.8, 4) is 0 Å². The third-order valence-corrected chi connectivity index (χ3v) is 5.90. The van der Waals surface area contributed by atoms with Gasteiger partial charge in [0.15, 0.2) is 6.61 Å². The van der Waals surface area contributed by atoms with Crippen LogP contribution in [0.4, 0.5) is 5.00 Å². The maximum Gasteiger partial charge on any atom is 0.310 e. The van der Waals surface area contributed by atoms with E-state index in [2.05, 4.69) is 5.32 Å². The quantitative estimate of drug-likeness (QED) is 0.720. The van der Waals surface area contributed by atoms with E-state index >= 15 is 0 Å². The van der Waals surface area contributed by atoms with E-state index in [1.165, 1.54) is 11.3 Å². The van der Waals surface area contributed by atoms with Gasteiger partial charge < -0.3 is 15.8 Å². The van der Waals surface area contributed by atoms with Crippen LogP contribution < -0.4 is 11.1 Å². The van der Waals surface area contributed by atoms with Crippen LogP contribution in [0.15, 0.2) is 24.3 Å². The number of fused-ring (bicyclic) bond motifs is 1. The zero-order valence-corrected chi connectivity index (χ0v) is 16.1. The lowest BCUT2D eigenvalue weighted by molar-refractivity contribution is -0.146. The molecule has 2 aromatic rings. The number of hydrogen-bond donors (Lipinski definition) is 2. The van der Waals surface area contributed by atoms with Gasteiger partial charge in [-0.3, -0.25) is 14.4 Å². The number of ether oxygens (including phenoxy) is 1. The lowest BCUT2D eigenvalue weighted by Crippen LogP contribution is -2.23. The Kier molecular flexibility index (Phi) is 6.13. The highest BCUT2D eigenvalue weighted by molar-refractivity contribution is 7.17. The Morgan fingerprint density at radius 3 is 2.67 bits per heavy atom. The maximum absolute atomic E-state index is 12.2. The van der Waals surface area contributed by atoms with Crippen molar-refractivity contribution in [2.24, 2.45) is 5.73 Å². The van der Waals surface area contributed by atoms with Crippen LogP contribution in [0.25, 0.3) is 0 Å². The van der Waals surface area contributed by atoms with Crippen molar-refractivity contribution in [2.75, 3.05) is 11.9 Å². The van der Waals surface area contributed by atoms with Gasteiger partial charge in [0.2, 0.25) is 0 Å². The summed E-state index contributed by atoms with van der Waals surface area (Å²) in [5.41, 5.74) is 7.45. The van der Waals surface area contributed by atoms with Crippen LogP contribution in [0.3, 0.4) is 0 Å². The Balaban J connectivity index is 1.60. The molecular formula is C19H19ClN2O4S. The number of nitrogens with one attached hydrogen (secondary N) is 1. The normalized spacial score (nSPS) is 12.9. The molecule has 0 bridgehead atoms. The minimum atomic E-state index is -0.557. The standard InChI is InChI=1S/C19H19ClN2O4S/c20-13-7-3-1-5-11(13)9-16(24)26-10-15(23)22-19-17(18(21)25)12-6-2-4-8-14(12)27-19/h1,3,5,7H,2,4,6,8-10H2,(H2,21,25)(H,22,23). The molecule has 3 rings (SSSR count). The number of halogens is 1. The minimum Gasteiger partial charge on any atom is -0.455 e. The lowest BCUT2D eigenvalue weighted by Gasteiger charge is -2.11. The second-order valence-corrected chi connectivity index (χ2v) is 7.77. The summed E-state index contributed by atoms with van der Waals surface area (Å²) in [6, 6.07) is 6.94. The topological polar surface area (TPSA) is 98.5 Å². The molecule has 0 aliphatic heterocycles. The smallest absolute Gasteiger partial charge is 0.310 e. The highest BCUT2D eigenvalue weighted by Gasteiger charge is 2.25. The summed E-state index contributed by atoms with van der Waals surface area (Å²) in [7, 11) is 0. The predicted molar refractivity (Wildman–Crippen MR) is 104 cm³/mol. The fourth-order valence-electron chi connectivity index (χ4n) is 3.07. The predicted octanol–water partition coefficient (Wildman–Crippen LogP) is 3.10. The zero-order valence-electron chi connectivity index (χ0n) is 14.5. The highest BCUT2D eigenvalue weighted by atomic mass is 35.5. The van der Waals surface area contributed by atoms with Gasteiger partial charge in [-0.1, -0.05) is 29.8 Å². The van der Waals surface area contributed by atoms with E-state index in [0.29, 0.717) is 21.2 Å². The molecule has 8 heteroatoms. The SMILES string of the molecule is NC(=O)c1c(NC(=O)COC(=O)Cc2ccccc2Cl)sc2c1CCCC2. The molecule has 1 aliphatic rings. The van der Waals surface area contributed by atoms with Crippen molar-refractivity contribution in [1.29, 1.82) is 0 Å². The van der Waals surface area contributed by atoms with Gasteiger partial charge in [-0.2, -0.15) is 0 Å². The van der Waals surface area contributed by atoms with Crippen molar-refractivity contribution < 1.29 is 19.1 Å².